The summed E-state index contributed by atoms with van der Waals surface area (Å²) in [5, 5.41) is 20.3. The Bertz CT molecular complexity index is 1080. The molecule has 4 N–H and O–H groups in total. The predicted molar refractivity (Wildman–Crippen MR) is 162 cm³/mol. The quantitative estimate of drug-likeness (QED) is 0.225. The lowest BCUT2D eigenvalue weighted by molar-refractivity contribution is -0.136. The average Bonchev–Trinajstić information content (AvgIpc) is 2.89. The van der Waals surface area contributed by atoms with Crippen molar-refractivity contribution in [2.45, 2.75) is 83.0 Å². The van der Waals surface area contributed by atoms with Gasteiger partial charge in [-0.15, -0.1) is 0 Å². The van der Waals surface area contributed by atoms with E-state index in [-0.39, 0.29) is 37.4 Å². The number of hydrogen-bond donors (Lipinski definition) is 4. The molecule has 0 fully saturated rings. The van der Waals surface area contributed by atoms with Gasteiger partial charge in [-0.25, -0.2) is 0 Å². The fraction of sp³-hybridized carbons (Fsp3) is 0.382. The lowest BCUT2D eigenvalue weighted by Crippen LogP contribution is -2.48. The molecule has 41 heavy (non-hydrogen) atoms. The van der Waals surface area contributed by atoms with E-state index < -0.39 is 23.3 Å². The number of hydrogen-bond acceptors (Lipinski definition) is 4. The van der Waals surface area contributed by atoms with E-state index in [9.17, 15) is 19.5 Å². The third kappa shape index (κ3) is 12.0. The van der Waals surface area contributed by atoms with Crippen LogP contribution in [0.5, 0.6) is 0 Å². The molecule has 218 valence electrons. The van der Waals surface area contributed by atoms with Crippen LogP contribution in [0.2, 0.25) is 0 Å². The van der Waals surface area contributed by atoms with E-state index in [4.69, 9.17) is 0 Å². The molecule has 0 aromatic heterocycles. The first kappa shape index (κ1) is 31.6. The summed E-state index contributed by atoms with van der Waals surface area (Å²) in [4.78, 5) is 39.0. The summed E-state index contributed by atoms with van der Waals surface area (Å²) in [6, 6.07) is 28.8. The highest BCUT2D eigenvalue weighted by molar-refractivity contribution is 5.84. The minimum Gasteiger partial charge on any atom is -0.388 e. The maximum absolute atomic E-state index is 13.0. The highest BCUT2D eigenvalue weighted by Crippen LogP contribution is 2.21. The Morgan fingerprint density at radius 1 is 0.537 bits per heavy atom. The van der Waals surface area contributed by atoms with Gasteiger partial charge in [0.1, 0.15) is 0 Å². The number of carbonyl (C=O) groups excluding carboxylic acids is 3. The van der Waals surface area contributed by atoms with Crippen molar-refractivity contribution in [3.63, 3.8) is 0 Å². The number of benzene rings is 3. The molecular weight excluding hydrogens is 514 g/mol. The Labute approximate surface area is 243 Å². The van der Waals surface area contributed by atoms with Crippen LogP contribution in [0, 0.1) is 0 Å². The van der Waals surface area contributed by atoms with E-state index in [2.05, 4.69) is 16.0 Å². The highest BCUT2D eigenvalue weighted by Gasteiger charge is 2.36. The molecule has 3 atom stereocenters. The van der Waals surface area contributed by atoms with Crippen LogP contribution in [0.3, 0.4) is 0 Å². The van der Waals surface area contributed by atoms with Gasteiger partial charge in [0.05, 0.1) is 24.9 Å². The van der Waals surface area contributed by atoms with Crippen LogP contribution < -0.4 is 16.0 Å². The lowest BCUT2D eigenvalue weighted by Gasteiger charge is -2.29. The molecular formula is C34H43N3O4. The number of amides is 3. The molecule has 3 amide bonds. The number of nitrogens with one attached hydrogen (secondary N) is 3. The Hall–Kier alpha value is -3.97. The van der Waals surface area contributed by atoms with Crippen LogP contribution in [-0.4, -0.2) is 46.6 Å². The molecule has 0 heterocycles. The largest absolute Gasteiger partial charge is 0.388 e. The Morgan fingerprint density at radius 2 is 0.780 bits per heavy atom. The first-order valence-corrected chi connectivity index (χ1v) is 14.3. The van der Waals surface area contributed by atoms with E-state index in [1.807, 2.05) is 112 Å². The Kier molecular flexibility index (Phi) is 12.1. The molecule has 3 aromatic carbocycles. The second kappa shape index (κ2) is 15.7. The van der Waals surface area contributed by atoms with Gasteiger partial charge in [0.25, 0.3) is 0 Å². The van der Waals surface area contributed by atoms with Crippen molar-refractivity contribution in [2.24, 2.45) is 0 Å². The molecule has 0 aliphatic heterocycles. The summed E-state index contributed by atoms with van der Waals surface area (Å²) in [6.07, 6.45) is 0.771. The minimum absolute atomic E-state index is 0.186. The molecule has 3 unspecified atom stereocenters. The summed E-state index contributed by atoms with van der Waals surface area (Å²) in [5.74, 6) is -1.23. The van der Waals surface area contributed by atoms with Crippen molar-refractivity contribution in [2.75, 3.05) is 0 Å². The highest BCUT2D eigenvalue weighted by atomic mass is 16.3. The van der Waals surface area contributed by atoms with Crippen molar-refractivity contribution in [3.8, 4) is 0 Å². The van der Waals surface area contributed by atoms with Gasteiger partial charge < -0.3 is 21.1 Å². The van der Waals surface area contributed by atoms with Crippen molar-refractivity contribution >= 4 is 17.7 Å². The van der Waals surface area contributed by atoms with Gasteiger partial charge in [0, 0.05) is 18.1 Å². The van der Waals surface area contributed by atoms with E-state index in [1.165, 1.54) is 0 Å². The molecule has 0 spiro atoms. The maximum atomic E-state index is 13.0. The zero-order chi connectivity index (χ0) is 29.7. The maximum Gasteiger partial charge on any atom is 0.223 e. The average molecular weight is 558 g/mol. The normalized spacial score (nSPS) is 14.6. The zero-order valence-electron chi connectivity index (χ0n) is 24.3. The fourth-order valence-electron chi connectivity index (χ4n) is 5.12. The summed E-state index contributed by atoms with van der Waals surface area (Å²) in [6.45, 7) is 5.67. The van der Waals surface area contributed by atoms with E-state index in [0.717, 1.165) is 16.7 Å². The van der Waals surface area contributed by atoms with Crippen LogP contribution in [0.25, 0.3) is 0 Å². The molecule has 3 rings (SSSR count). The van der Waals surface area contributed by atoms with Crippen molar-refractivity contribution < 1.29 is 19.5 Å². The van der Waals surface area contributed by atoms with E-state index >= 15 is 0 Å². The van der Waals surface area contributed by atoms with Crippen LogP contribution in [0.15, 0.2) is 91.0 Å². The second-order valence-electron chi connectivity index (χ2n) is 11.2. The molecule has 0 aliphatic rings. The number of carbonyl (C=O) groups is 3. The summed E-state index contributed by atoms with van der Waals surface area (Å²) < 4.78 is 0. The van der Waals surface area contributed by atoms with E-state index in [0.29, 0.717) is 19.3 Å². The van der Waals surface area contributed by atoms with Gasteiger partial charge in [-0.1, -0.05) is 91.0 Å². The molecule has 7 nitrogen and oxygen atoms in total. The Morgan fingerprint density at radius 3 is 1.02 bits per heavy atom. The summed E-state index contributed by atoms with van der Waals surface area (Å²) >= 11 is 0. The van der Waals surface area contributed by atoms with Crippen LogP contribution in [-0.2, 0) is 33.6 Å². The lowest BCUT2D eigenvalue weighted by atomic mass is 9.89. The predicted octanol–water partition coefficient (Wildman–Crippen LogP) is 4.13. The zero-order valence-corrected chi connectivity index (χ0v) is 24.3. The van der Waals surface area contributed by atoms with Gasteiger partial charge in [0.15, 0.2) is 0 Å². The molecule has 0 bridgehead atoms. The molecule has 0 saturated heterocycles. The third-order valence-electron chi connectivity index (χ3n) is 6.85. The van der Waals surface area contributed by atoms with Gasteiger partial charge in [-0.2, -0.15) is 0 Å². The fourth-order valence-corrected chi connectivity index (χ4v) is 5.12. The molecule has 0 saturated carbocycles. The molecule has 7 heteroatoms. The molecule has 0 radical (unpaired) electrons. The van der Waals surface area contributed by atoms with Gasteiger partial charge in [-0.3, -0.25) is 14.4 Å². The van der Waals surface area contributed by atoms with E-state index in [1.54, 1.807) is 0 Å². The standard InChI is InChI=1S/C34H43N3O4/c1-25(19-28-13-7-4-8-14-28)35-31(38)22-34(41,23-32(39)36-26(2)20-29-15-9-5-10-16-29)24-33(40)37-27(3)21-30-17-11-6-12-18-30/h4-18,25-27,41H,19-24H2,1-3H3,(H,35,38)(H,36,39)(H,37,40). The first-order valence-electron chi connectivity index (χ1n) is 14.3. The van der Waals surface area contributed by atoms with Crippen LogP contribution in [0.4, 0.5) is 0 Å². The van der Waals surface area contributed by atoms with Gasteiger partial charge >= 0.3 is 0 Å². The minimum atomic E-state index is -1.84. The van der Waals surface area contributed by atoms with Crippen LogP contribution in [0.1, 0.15) is 56.7 Å². The van der Waals surface area contributed by atoms with Gasteiger partial charge in [-0.05, 0) is 56.7 Å². The smallest absolute Gasteiger partial charge is 0.223 e. The Balaban J connectivity index is 1.62. The summed E-state index contributed by atoms with van der Waals surface area (Å²) in [5.41, 5.74) is 1.39. The summed E-state index contributed by atoms with van der Waals surface area (Å²) in [7, 11) is 0. The van der Waals surface area contributed by atoms with Crippen molar-refractivity contribution in [1.29, 1.82) is 0 Å². The number of aliphatic hydroxyl groups is 1. The van der Waals surface area contributed by atoms with Gasteiger partial charge in [0.2, 0.25) is 17.7 Å². The number of rotatable bonds is 15. The topological polar surface area (TPSA) is 108 Å². The SMILES string of the molecule is CC(Cc1ccccc1)NC(=O)CC(O)(CC(=O)NC(C)Cc1ccccc1)CC(=O)NC(C)Cc1ccccc1. The molecule has 0 aliphatic carbocycles. The first-order chi connectivity index (χ1) is 19.6. The monoisotopic (exact) mass is 557 g/mol. The second-order valence-corrected chi connectivity index (χ2v) is 11.2. The van der Waals surface area contributed by atoms with Crippen LogP contribution >= 0.6 is 0 Å². The van der Waals surface area contributed by atoms with Crippen molar-refractivity contribution in [3.05, 3.63) is 108 Å². The third-order valence-corrected chi connectivity index (χ3v) is 6.85. The molecule has 3 aromatic rings. The van der Waals surface area contributed by atoms with Crippen molar-refractivity contribution in [1.82, 2.24) is 16.0 Å².